The predicted molar refractivity (Wildman–Crippen MR) is 51.3 cm³/mol. The lowest BCUT2D eigenvalue weighted by molar-refractivity contribution is -0.492. The smallest absolute Gasteiger partial charge is 0.229 e. The molecule has 0 radical (unpaired) electrons. The van der Waals surface area contributed by atoms with Gasteiger partial charge in [0.25, 0.3) is 0 Å². The second-order valence-electron chi connectivity index (χ2n) is 3.90. The summed E-state index contributed by atoms with van der Waals surface area (Å²) < 4.78 is 5.08. The molecule has 4 heteroatoms. The van der Waals surface area contributed by atoms with Crippen LogP contribution in [-0.2, 0) is 4.74 Å². The Labute approximate surface area is 79.4 Å². The Morgan fingerprint density at radius 1 is 1.38 bits per heavy atom. The minimum absolute atomic E-state index is 0.0929. The van der Waals surface area contributed by atoms with Gasteiger partial charge in [0.15, 0.2) is 0 Å². The molecule has 0 spiro atoms. The van der Waals surface area contributed by atoms with Crippen LogP contribution in [0, 0.1) is 22.0 Å². The van der Waals surface area contributed by atoms with Crippen molar-refractivity contribution in [1.29, 1.82) is 0 Å². The fourth-order valence-corrected chi connectivity index (χ4v) is 1.53. The summed E-state index contributed by atoms with van der Waals surface area (Å²) in [6, 6.07) is 0. The fraction of sp³-hybridized carbons (Fsp3) is 1.00. The van der Waals surface area contributed by atoms with Crippen molar-refractivity contribution in [2.24, 2.45) is 11.8 Å². The van der Waals surface area contributed by atoms with Crippen LogP contribution in [-0.4, -0.2) is 24.7 Å². The van der Waals surface area contributed by atoms with Crippen LogP contribution in [0.4, 0.5) is 0 Å². The molecule has 0 aromatic heterocycles. The van der Waals surface area contributed by atoms with Gasteiger partial charge in [-0.05, 0) is 18.3 Å². The summed E-state index contributed by atoms with van der Waals surface area (Å²) in [5, 5.41) is 10.3. The monoisotopic (exact) mass is 189 g/mol. The van der Waals surface area contributed by atoms with Gasteiger partial charge in [-0.15, -0.1) is 0 Å². The first-order valence-corrected chi connectivity index (χ1v) is 4.62. The normalized spacial score (nSPS) is 15.8. The van der Waals surface area contributed by atoms with Gasteiger partial charge in [-0.25, -0.2) is 0 Å². The molecule has 0 rings (SSSR count). The first-order chi connectivity index (χ1) is 5.97. The van der Waals surface area contributed by atoms with Crippen LogP contribution in [0.3, 0.4) is 0 Å². The van der Waals surface area contributed by atoms with Gasteiger partial charge in [0.2, 0.25) is 6.54 Å². The molecule has 0 heterocycles. The van der Waals surface area contributed by atoms with Crippen LogP contribution >= 0.6 is 0 Å². The molecule has 0 amide bonds. The maximum atomic E-state index is 10.3. The van der Waals surface area contributed by atoms with Crippen molar-refractivity contribution in [2.75, 3.05) is 13.7 Å². The van der Waals surface area contributed by atoms with Crippen LogP contribution in [0.2, 0.25) is 0 Å². The van der Waals surface area contributed by atoms with Gasteiger partial charge < -0.3 is 4.74 Å². The molecular weight excluding hydrogens is 170 g/mol. The number of nitro groups is 1. The average Bonchev–Trinajstić information content (AvgIpc) is 1.98. The van der Waals surface area contributed by atoms with E-state index >= 15 is 0 Å². The van der Waals surface area contributed by atoms with Crippen molar-refractivity contribution in [2.45, 2.75) is 33.3 Å². The average molecular weight is 189 g/mol. The molecule has 0 aliphatic carbocycles. The highest BCUT2D eigenvalue weighted by molar-refractivity contribution is 4.66. The molecule has 0 aliphatic heterocycles. The zero-order valence-corrected chi connectivity index (χ0v) is 8.82. The Kier molecular flexibility index (Phi) is 5.62. The first kappa shape index (κ1) is 12.4. The summed E-state index contributed by atoms with van der Waals surface area (Å²) in [7, 11) is 1.53. The first-order valence-electron chi connectivity index (χ1n) is 4.62. The van der Waals surface area contributed by atoms with Crippen LogP contribution in [0.1, 0.15) is 27.2 Å². The zero-order valence-electron chi connectivity index (χ0n) is 8.82. The quantitative estimate of drug-likeness (QED) is 0.474. The van der Waals surface area contributed by atoms with E-state index in [-0.39, 0.29) is 23.5 Å². The Hall–Kier alpha value is -0.640. The third-order valence-corrected chi connectivity index (χ3v) is 2.11. The van der Waals surface area contributed by atoms with E-state index in [1.807, 2.05) is 6.92 Å². The summed E-state index contributed by atoms with van der Waals surface area (Å²) in [5.41, 5.74) is 0. The highest BCUT2D eigenvalue weighted by Crippen LogP contribution is 2.16. The molecule has 0 aromatic rings. The lowest BCUT2D eigenvalue weighted by Crippen LogP contribution is -2.29. The number of hydrogen-bond donors (Lipinski definition) is 0. The van der Waals surface area contributed by atoms with Crippen molar-refractivity contribution in [1.82, 2.24) is 0 Å². The van der Waals surface area contributed by atoms with Gasteiger partial charge in [0, 0.05) is 12.0 Å². The lowest BCUT2D eigenvalue weighted by atomic mass is 9.94. The Balaban J connectivity index is 3.98. The Morgan fingerprint density at radius 2 is 1.92 bits per heavy atom. The van der Waals surface area contributed by atoms with Gasteiger partial charge in [-0.1, -0.05) is 20.8 Å². The summed E-state index contributed by atoms with van der Waals surface area (Å²) in [6.07, 6.45) is 0.712. The van der Waals surface area contributed by atoms with Gasteiger partial charge in [0.05, 0.1) is 0 Å². The van der Waals surface area contributed by atoms with Crippen molar-refractivity contribution in [3.05, 3.63) is 10.1 Å². The number of ether oxygens (including phenoxy) is 1. The van der Waals surface area contributed by atoms with E-state index in [0.29, 0.717) is 5.92 Å². The molecule has 0 aliphatic rings. The number of nitrogens with zero attached hydrogens (tertiary/aromatic N) is 1. The highest BCUT2D eigenvalue weighted by atomic mass is 16.6. The van der Waals surface area contributed by atoms with Crippen LogP contribution < -0.4 is 0 Å². The maximum absolute atomic E-state index is 10.3. The minimum atomic E-state index is -0.314. The second-order valence-corrected chi connectivity index (χ2v) is 3.90. The summed E-state index contributed by atoms with van der Waals surface area (Å²) in [4.78, 5) is 9.97. The van der Waals surface area contributed by atoms with Gasteiger partial charge >= 0.3 is 0 Å². The summed E-state index contributed by atoms with van der Waals surface area (Å²) in [5.74, 6) is 0.801. The molecule has 0 saturated heterocycles. The lowest BCUT2D eigenvalue weighted by Gasteiger charge is -2.20. The molecule has 0 N–H and O–H groups in total. The van der Waals surface area contributed by atoms with Crippen LogP contribution in [0.25, 0.3) is 0 Å². The molecule has 0 bridgehead atoms. The fourth-order valence-electron chi connectivity index (χ4n) is 1.53. The van der Waals surface area contributed by atoms with Gasteiger partial charge in [-0.2, -0.15) is 0 Å². The highest BCUT2D eigenvalue weighted by Gasteiger charge is 2.22. The van der Waals surface area contributed by atoms with Crippen molar-refractivity contribution >= 4 is 0 Å². The van der Waals surface area contributed by atoms with E-state index in [1.165, 1.54) is 7.11 Å². The van der Waals surface area contributed by atoms with E-state index < -0.39 is 0 Å². The van der Waals surface area contributed by atoms with Crippen molar-refractivity contribution in [3.63, 3.8) is 0 Å². The maximum Gasteiger partial charge on any atom is 0.229 e. The number of rotatable bonds is 6. The zero-order chi connectivity index (χ0) is 10.4. The molecule has 0 saturated carbocycles. The SMILES string of the molecule is COC(C[N+](=O)[O-])C(C)CC(C)C. The summed E-state index contributed by atoms with van der Waals surface area (Å²) >= 11 is 0. The molecule has 0 aromatic carbocycles. The Morgan fingerprint density at radius 3 is 2.23 bits per heavy atom. The van der Waals surface area contributed by atoms with Gasteiger partial charge in [-0.3, -0.25) is 10.1 Å². The van der Waals surface area contributed by atoms with Crippen molar-refractivity contribution in [3.8, 4) is 0 Å². The minimum Gasteiger partial charge on any atom is -0.374 e. The molecular formula is C9H19NO3. The molecule has 0 fully saturated rings. The largest absolute Gasteiger partial charge is 0.374 e. The Bertz CT molecular complexity index is 159. The van der Waals surface area contributed by atoms with E-state index in [0.717, 1.165) is 6.42 Å². The third kappa shape index (κ3) is 5.58. The molecule has 2 unspecified atom stereocenters. The predicted octanol–water partition coefficient (Wildman–Crippen LogP) is 1.96. The molecule has 13 heavy (non-hydrogen) atoms. The van der Waals surface area contributed by atoms with E-state index in [4.69, 9.17) is 4.74 Å². The van der Waals surface area contributed by atoms with Crippen molar-refractivity contribution < 1.29 is 9.66 Å². The summed E-state index contributed by atoms with van der Waals surface area (Å²) in [6.45, 7) is 6.12. The van der Waals surface area contributed by atoms with Gasteiger partial charge in [0.1, 0.15) is 6.10 Å². The molecule has 4 nitrogen and oxygen atoms in total. The topological polar surface area (TPSA) is 52.4 Å². The van der Waals surface area contributed by atoms with Crippen LogP contribution in [0.5, 0.6) is 0 Å². The second kappa shape index (κ2) is 5.91. The standard InChI is InChI=1S/C9H19NO3/c1-7(2)5-8(3)9(13-4)6-10(11)12/h7-9H,5-6H2,1-4H3. The van der Waals surface area contributed by atoms with E-state index in [2.05, 4.69) is 13.8 Å². The molecule has 78 valence electrons. The van der Waals surface area contributed by atoms with E-state index in [9.17, 15) is 10.1 Å². The number of hydrogen-bond acceptors (Lipinski definition) is 3. The van der Waals surface area contributed by atoms with E-state index in [1.54, 1.807) is 0 Å². The molecule has 2 atom stereocenters. The number of methoxy groups -OCH3 is 1. The van der Waals surface area contributed by atoms with Crippen LogP contribution in [0.15, 0.2) is 0 Å². The third-order valence-electron chi connectivity index (χ3n) is 2.11.